The summed E-state index contributed by atoms with van der Waals surface area (Å²) in [5.74, 6) is 1.000. The third kappa shape index (κ3) is 2.86. The highest BCUT2D eigenvalue weighted by Gasteiger charge is 2.12. The third-order valence-corrected chi connectivity index (χ3v) is 4.06. The van der Waals surface area contributed by atoms with Crippen molar-refractivity contribution in [2.24, 2.45) is 0 Å². The number of para-hydroxylation sites is 1. The van der Waals surface area contributed by atoms with E-state index in [1.54, 1.807) is 0 Å². The summed E-state index contributed by atoms with van der Waals surface area (Å²) in [5.41, 5.74) is 4.83. The van der Waals surface area contributed by atoms with Gasteiger partial charge in [-0.15, -0.1) is 0 Å². The molecule has 0 bridgehead atoms. The van der Waals surface area contributed by atoms with Crippen LogP contribution in [-0.4, -0.2) is 0 Å². The van der Waals surface area contributed by atoms with E-state index in [2.05, 4.69) is 55.6 Å². The van der Waals surface area contributed by atoms with E-state index in [1.807, 2.05) is 19.1 Å². The summed E-state index contributed by atoms with van der Waals surface area (Å²) < 4.78 is 5.81. The average Bonchev–Trinajstić information content (AvgIpc) is 2.81. The molecule has 21 heavy (non-hydrogen) atoms. The molecular formula is C19H21NO. The van der Waals surface area contributed by atoms with E-state index in [9.17, 15) is 0 Å². The van der Waals surface area contributed by atoms with Gasteiger partial charge >= 0.3 is 0 Å². The van der Waals surface area contributed by atoms with Gasteiger partial charge < -0.3 is 9.73 Å². The Balaban J connectivity index is 1.77. The van der Waals surface area contributed by atoms with E-state index < -0.39 is 0 Å². The Labute approximate surface area is 125 Å². The first-order valence-electron chi connectivity index (χ1n) is 7.42. The maximum absolute atomic E-state index is 5.81. The number of aryl methyl sites for hydroxylation is 2. The van der Waals surface area contributed by atoms with E-state index in [1.165, 1.54) is 22.1 Å². The van der Waals surface area contributed by atoms with E-state index in [0.717, 1.165) is 17.9 Å². The highest BCUT2D eigenvalue weighted by Crippen LogP contribution is 2.25. The normalized spacial score (nSPS) is 12.7. The maximum Gasteiger partial charge on any atom is 0.134 e. The van der Waals surface area contributed by atoms with Gasteiger partial charge in [-0.05, 0) is 32.4 Å². The lowest BCUT2D eigenvalue weighted by Gasteiger charge is -2.14. The van der Waals surface area contributed by atoms with Crippen molar-refractivity contribution in [3.63, 3.8) is 0 Å². The fraction of sp³-hybridized carbons (Fsp3) is 0.263. The van der Waals surface area contributed by atoms with E-state index in [-0.39, 0.29) is 0 Å². The zero-order chi connectivity index (χ0) is 14.8. The standard InChI is InChI=1S/C19H21NO/c1-13-8-10-16(11-9-13)14(2)20-12-18-15(3)21-19-7-5-4-6-17(18)19/h4-11,14,20H,12H2,1-3H3/t14-/m0/s1. The molecule has 108 valence electrons. The van der Waals surface area contributed by atoms with Crippen LogP contribution >= 0.6 is 0 Å². The van der Waals surface area contributed by atoms with Crippen LogP contribution in [0.2, 0.25) is 0 Å². The average molecular weight is 279 g/mol. The van der Waals surface area contributed by atoms with Gasteiger partial charge in [0.15, 0.2) is 0 Å². The van der Waals surface area contributed by atoms with Gasteiger partial charge in [0.25, 0.3) is 0 Å². The second-order valence-corrected chi connectivity index (χ2v) is 5.65. The molecule has 0 saturated heterocycles. The predicted octanol–water partition coefficient (Wildman–Crippen LogP) is 4.90. The zero-order valence-electron chi connectivity index (χ0n) is 12.8. The molecule has 2 heteroatoms. The summed E-state index contributed by atoms with van der Waals surface area (Å²) in [7, 11) is 0. The first kappa shape index (κ1) is 13.9. The number of nitrogens with one attached hydrogen (secondary N) is 1. The summed E-state index contributed by atoms with van der Waals surface area (Å²) in [6.45, 7) is 7.16. The monoisotopic (exact) mass is 279 g/mol. The van der Waals surface area contributed by atoms with Crippen molar-refractivity contribution in [1.82, 2.24) is 5.32 Å². The van der Waals surface area contributed by atoms with Crippen molar-refractivity contribution in [2.75, 3.05) is 0 Å². The molecule has 0 saturated carbocycles. The second kappa shape index (κ2) is 5.74. The van der Waals surface area contributed by atoms with E-state index in [0.29, 0.717) is 6.04 Å². The fourth-order valence-electron chi connectivity index (χ4n) is 2.67. The minimum absolute atomic E-state index is 0.318. The van der Waals surface area contributed by atoms with Crippen LogP contribution in [0.1, 0.15) is 35.4 Å². The van der Waals surface area contributed by atoms with Crippen LogP contribution in [0.15, 0.2) is 52.9 Å². The van der Waals surface area contributed by atoms with Crippen molar-refractivity contribution >= 4 is 11.0 Å². The summed E-state index contributed by atoms with van der Waals surface area (Å²) >= 11 is 0. The SMILES string of the molecule is Cc1ccc([C@H](C)NCc2c(C)oc3ccccc23)cc1. The molecule has 1 heterocycles. The molecule has 2 aromatic carbocycles. The van der Waals surface area contributed by atoms with E-state index >= 15 is 0 Å². The van der Waals surface area contributed by atoms with Crippen molar-refractivity contribution in [3.05, 3.63) is 71.0 Å². The Bertz CT molecular complexity index is 740. The summed E-state index contributed by atoms with van der Waals surface area (Å²) in [4.78, 5) is 0. The quantitative estimate of drug-likeness (QED) is 0.734. The Kier molecular flexibility index (Phi) is 3.80. The molecule has 1 aromatic heterocycles. The first-order chi connectivity index (χ1) is 10.1. The Hall–Kier alpha value is -2.06. The van der Waals surface area contributed by atoms with Gasteiger partial charge in [0, 0.05) is 23.5 Å². The molecule has 0 spiro atoms. The van der Waals surface area contributed by atoms with Gasteiger partial charge in [-0.3, -0.25) is 0 Å². The Morgan fingerprint density at radius 2 is 1.71 bits per heavy atom. The molecule has 0 unspecified atom stereocenters. The molecular weight excluding hydrogens is 258 g/mol. The lowest BCUT2D eigenvalue weighted by molar-refractivity contribution is 0.544. The second-order valence-electron chi connectivity index (χ2n) is 5.65. The van der Waals surface area contributed by atoms with Crippen LogP contribution in [0.4, 0.5) is 0 Å². The Morgan fingerprint density at radius 1 is 1.00 bits per heavy atom. The van der Waals surface area contributed by atoms with Gasteiger partial charge in [-0.25, -0.2) is 0 Å². The zero-order valence-corrected chi connectivity index (χ0v) is 12.8. The molecule has 0 aliphatic heterocycles. The lowest BCUT2D eigenvalue weighted by atomic mass is 10.1. The van der Waals surface area contributed by atoms with Crippen molar-refractivity contribution in [2.45, 2.75) is 33.4 Å². The highest BCUT2D eigenvalue weighted by atomic mass is 16.3. The highest BCUT2D eigenvalue weighted by molar-refractivity contribution is 5.82. The van der Waals surface area contributed by atoms with Crippen LogP contribution < -0.4 is 5.32 Å². The number of furan rings is 1. The number of benzene rings is 2. The van der Waals surface area contributed by atoms with Gasteiger partial charge in [0.2, 0.25) is 0 Å². The lowest BCUT2D eigenvalue weighted by Crippen LogP contribution is -2.18. The van der Waals surface area contributed by atoms with Crippen LogP contribution in [0.25, 0.3) is 11.0 Å². The van der Waals surface area contributed by atoms with Crippen LogP contribution in [0, 0.1) is 13.8 Å². The number of hydrogen-bond donors (Lipinski definition) is 1. The summed E-state index contributed by atoms with van der Waals surface area (Å²) in [6.07, 6.45) is 0. The summed E-state index contributed by atoms with van der Waals surface area (Å²) in [6, 6.07) is 17.2. The van der Waals surface area contributed by atoms with Gasteiger partial charge in [-0.1, -0.05) is 48.0 Å². The van der Waals surface area contributed by atoms with E-state index in [4.69, 9.17) is 4.42 Å². The molecule has 3 aromatic rings. The molecule has 0 radical (unpaired) electrons. The minimum Gasteiger partial charge on any atom is -0.461 e. The fourth-order valence-corrected chi connectivity index (χ4v) is 2.67. The van der Waals surface area contributed by atoms with Crippen LogP contribution in [0.5, 0.6) is 0 Å². The molecule has 1 atom stereocenters. The number of fused-ring (bicyclic) bond motifs is 1. The molecule has 2 nitrogen and oxygen atoms in total. The smallest absolute Gasteiger partial charge is 0.134 e. The van der Waals surface area contributed by atoms with Crippen LogP contribution in [0.3, 0.4) is 0 Å². The van der Waals surface area contributed by atoms with Gasteiger partial charge in [-0.2, -0.15) is 0 Å². The van der Waals surface area contributed by atoms with Crippen LogP contribution in [-0.2, 0) is 6.54 Å². The molecule has 3 rings (SSSR count). The molecule has 0 aliphatic carbocycles. The van der Waals surface area contributed by atoms with Gasteiger partial charge in [0.1, 0.15) is 11.3 Å². The number of hydrogen-bond acceptors (Lipinski definition) is 2. The molecule has 0 fully saturated rings. The van der Waals surface area contributed by atoms with Crippen molar-refractivity contribution < 1.29 is 4.42 Å². The first-order valence-corrected chi connectivity index (χ1v) is 7.42. The minimum atomic E-state index is 0.318. The topological polar surface area (TPSA) is 25.2 Å². The van der Waals surface area contributed by atoms with Gasteiger partial charge in [0.05, 0.1) is 0 Å². The largest absolute Gasteiger partial charge is 0.461 e. The van der Waals surface area contributed by atoms with Crippen molar-refractivity contribution in [1.29, 1.82) is 0 Å². The maximum atomic E-state index is 5.81. The predicted molar refractivity (Wildman–Crippen MR) is 87.4 cm³/mol. The summed E-state index contributed by atoms with van der Waals surface area (Å²) in [5, 5.41) is 4.80. The number of rotatable bonds is 4. The molecule has 0 aliphatic rings. The Morgan fingerprint density at radius 3 is 2.48 bits per heavy atom. The third-order valence-electron chi connectivity index (χ3n) is 4.06. The molecule has 0 amide bonds. The van der Waals surface area contributed by atoms with Crippen molar-refractivity contribution in [3.8, 4) is 0 Å². The molecule has 1 N–H and O–H groups in total.